The van der Waals surface area contributed by atoms with Gasteiger partial charge in [-0.3, -0.25) is 5.43 Å². The highest BCUT2D eigenvalue weighted by Gasteiger charge is 2.36. The van der Waals surface area contributed by atoms with Gasteiger partial charge in [-0.25, -0.2) is 10.2 Å². The molecule has 1 saturated carbocycles. The normalized spacial score (nSPS) is 18.9. The molecule has 0 spiro atoms. The van der Waals surface area contributed by atoms with Gasteiger partial charge < -0.3 is 4.74 Å². The Kier molecular flexibility index (Phi) is 3.04. The Morgan fingerprint density at radius 1 is 1.43 bits per heavy atom. The monoisotopic (exact) mass is 200 g/mol. The number of carbonyl (C=O) groups is 1. The van der Waals surface area contributed by atoms with Crippen molar-refractivity contribution in [2.45, 2.75) is 46.1 Å². The second-order valence-corrected chi connectivity index (χ2v) is 5.29. The number of carbonyl (C=O) groups excluding carboxylic acids is 1. The fraction of sp³-hybridized carbons (Fsp3) is 0.900. The van der Waals surface area contributed by atoms with Crippen LogP contribution in [-0.2, 0) is 4.74 Å². The highest BCUT2D eigenvalue weighted by Crippen LogP contribution is 2.43. The van der Waals surface area contributed by atoms with Crippen molar-refractivity contribution in [3.63, 3.8) is 0 Å². The van der Waals surface area contributed by atoms with Gasteiger partial charge in [0.1, 0.15) is 5.60 Å². The third-order valence-electron chi connectivity index (χ3n) is 2.21. The first-order valence-corrected chi connectivity index (χ1v) is 5.03. The van der Waals surface area contributed by atoms with Crippen LogP contribution >= 0.6 is 0 Å². The maximum atomic E-state index is 11.2. The molecule has 0 atom stereocenters. The SMILES string of the molecule is CC1(CNNC(=O)OC(C)(C)C)CC1. The molecule has 1 amide bonds. The van der Waals surface area contributed by atoms with Gasteiger partial charge in [-0.2, -0.15) is 0 Å². The van der Waals surface area contributed by atoms with Gasteiger partial charge >= 0.3 is 6.09 Å². The first-order chi connectivity index (χ1) is 6.31. The van der Waals surface area contributed by atoms with Crippen molar-refractivity contribution in [3.05, 3.63) is 0 Å². The van der Waals surface area contributed by atoms with E-state index in [-0.39, 0.29) is 0 Å². The Hall–Kier alpha value is -0.770. The van der Waals surface area contributed by atoms with Crippen LogP contribution in [0.2, 0.25) is 0 Å². The van der Waals surface area contributed by atoms with Gasteiger partial charge in [0, 0.05) is 6.54 Å². The van der Waals surface area contributed by atoms with E-state index in [0.717, 1.165) is 6.54 Å². The first kappa shape index (κ1) is 11.3. The van der Waals surface area contributed by atoms with Gasteiger partial charge in [0.15, 0.2) is 0 Å². The number of hydrogen-bond acceptors (Lipinski definition) is 3. The minimum absolute atomic E-state index is 0.384. The van der Waals surface area contributed by atoms with E-state index in [0.29, 0.717) is 5.41 Å². The van der Waals surface area contributed by atoms with Gasteiger partial charge in [0.05, 0.1) is 0 Å². The maximum Gasteiger partial charge on any atom is 0.422 e. The quantitative estimate of drug-likeness (QED) is 0.683. The molecule has 0 aliphatic heterocycles. The molecular formula is C10H20N2O2. The van der Waals surface area contributed by atoms with Crippen molar-refractivity contribution in [1.82, 2.24) is 10.9 Å². The zero-order valence-electron chi connectivity index (χ0n) is 9.44. The fourth-order valence-corrected chi connectivity index (χ4v) is 1.02. The van der Waals surface area contributed by atoms with Gasteiger partial charge in [0.25, 0.3) is 0 Å². The molecule has 0 bridgehead atoms. The zero-order valence-corrected chi connectivity index (χ0v) is 9.44. The molecule has 1 rings (SSSR count). The molecule has 0 aromatic carbocycles. The fourth-order valence-electron chi connectivity index (χ4n) is 1.02. The van der Waals surface area contributed by atoms with E-state index in [2.05, 4.69) is 17.8 Å². The molecule has 0 unspecified atom stereocenters. The predicted octanol–water partition coefficient (Wildman–Crippen LogP) is 1.82. The second-order valence-electron chi connectivity index (χ2n) is 5.29. The van der Waals surface area contributed by atoms with Gasteiger partial charge in [0.2, 0.25) is 0 Å². The summed E-state index contributed by atoms with van der Waals surface area (Å²) < 4.78 is 5.06. The number of hydrogen-bond donors (Lipinski definition) is 2. The van der Waals surface area contributed by atoms with E-state index < -0.39 is 11.7 Å². The lowest BCUT2D eigenvalue weighted by atomic mass is 10.1. The topological polar surface area (TPSA) is 50.4 Å². The smallest absolute Gasteiger partial charge is 0.422 e. The largest absolute Gasteiger partial charge is 0.443 e. The third-order valence-corrected chi connectivity index (χ3v) is 2.21. The summed E-state index contributed by atoms with van der Waals surface area (Å²) in [4.78, 5) is 11.2. The number of amides is 1. The Bertz CT molecular complexity index is 217. The van der Waals surface area contributed by atoms with Crippen LogP contribution in [-0.4, -0.2) is 18.2 Å². The summed E-state index contributed by atoms with van der Waals surface area (Å²) in [5.74, 6) is 0. The van der Waals surface area contributed by atoms with Crippen molar-refractivity contribution in [3.8, 4) is 0 Å². The van der Waals surface area contributed by atoms with Crippen molar-refractivity contribution < 1.29 is 9.53 Å². The second kappa shape index (κ2) is 3.77. The molecule has 0 heterocycles. The molecule has 82 valence electrons. The molecule has 1 fully saturated rings. The minimum Gasteiger partial charge on any atom is -0.443 e. The summed E-state index contributed by atoms with van der Waals surface area (Å²) in [5, 5.41) is 0. The molecule has 0 aromatic heterocycles. The average molecular weight is 200 g/mol. The molecule has 0 radical (unpaired) electrons. The summed E-state index contributed by atoms with van der Waals surface area (Å²) in [7, 11) is 0. The summed E-state index contributed by atoms with van der Waals surface area (Å²) >= 11 is 0. The lowest BCUT2D eigenvalue weighted by Crippen LogP contribution is -2.43. The van der Waals surface area contributed by atoms with E-state index in [1.165, 1.54) is 12.8 Å². The van der Waals surface area contributed by atoms with Crippen LogP contribution in [0.5, 0.6) is 0 Å². The Balaban J connectivity index is 2.09. The van der Waals surface area contributed by atoms with E-state index in [9.17, 15) is 4.79 Å². The lowest BCUT2D eigenvalue weighted by Gasteiger charge is -2.20. The summed E-state index contributed by atoms with van der Waals surface area (Å²) in [6.07, 6.45) is 2.05. The Morgan fingerprint density at radius 3 is 2.43 bits per heavy atom. The highest BCUT2D eigenvalue weighted by molar-refractivity contribution is 5.66. The van der Waals surface area contributed by atoms with Crippen LogP contribution < -0.4 is 10.9 Å². The van der Waals surface area contributed by atoms with Crippen LogP contribution in [0.1, 0.15) is 40.5 Å². The van der Waals surface area contributed by atoms with Crippen LogP contribution in [0.15, 0.2) is 0 Å². The van der Waals surface area contributed by atoms with E-state index in [4.69, 9.17) is 4.74 Å². The number of hydrazine groups is 1. The number of rotatable bonds is 3. The van der Waals surface area contributed by atoms with Gasteiger partial charge in [-0.1, -0.05) is 6.92 Å². The van der Waals surface area contributed by atoms with E-state index in [1.807, 2.05) is 20.8 Å². The molecule has 1 aliphatic carbocycles. The van der Waals surface area contributed by atoms with Gasteiger partial charge in [-0.15, -0.1) is 0 Å². The minimum atomic E-state index is -0.435. The molecule has 1 aliphatic rings. The summed E-state index contributed by atoms with van der Waals surface area (Å²) in [6.45, 7) is 8.53. The molecule has 4 nitrogen and oxygen atoms in total. The zero-order chi connectivity index (χ0) is 10.8. The van der Waals surface area contributed by atoms with Crippen LogP contribution in [0.4, 0.5) is 4.79 Å². The highest BCUT2D eigenvalue weighted by atomic mass is 16.6. The van der Waals surface area contributed by atoms with E-state index >= 15 is 0 Å². The average Bonchev–Trinajstić information content (AvgIpc) is 2.64. The molecule has 2 N–H and O–H groups in total. The third kappa shape index (κ3) is 4.46. The molecule has 0 saturated heterocycles. The van der Waals surface area contributed by atoms with Crippen molar-refractivity contribution >= 4 is 6.09 Å². The van der Waals surface area contributed by atoms with Gasteiger partial charge in [-0.05, 0) is 39.0 Å². The molecule has 0 aromatic rings. The summed E-state index contributed by atoms with van der Waals surface area (Å²) in [6, 6.07) is 0. The number of ether oxygens (including phenoxy) is 1. The maximum absolute atomic E-state index is 11.2. The van der Waals surface area contributed by atoms with Crippen molar-refractivity contribution in [1.29, 1.82) is 0 Å². The van der Waals surface area contributed by atoms with Crippen LogP contribution in [0, 0.1) is 5.41 Å². The standard InChI is InChI=1S/C10H20N2O2/c1-9(2,3)14-8(13)12-11-7-10(4)5-6-10/h11H,5-7H2,1-4H3,(H,12,13). The molecule has 14 heavy (non-hydrogen) atoms. The number of nitrogens with one attached hydrogen (secondary N) is 2. The van der Waals surface area contributed by atoms with Crippen LogP contribution in [0.25, 0.3) is 0 Å². The van der Waals surface area contributed by atoms with E-state index in [1.54, 1.807) is 0 Å². The van der Waals surface area contributed by atoms with Crippen molar-refractivity contribution in [2.75, 3.05) is 6.54 Å². The Labute approximate surface area is 85.4 Å². The first-order valence-electron chi connectivity index (χ1n) is 5.03. The predicted molar refractivity (Wildman–Crippen MR) is 54.7 cm³/mol. The molecular weight excluding hydrogens is 180 g/mol. The lowest BCUT2D eigenvalue weighted by molar-refractivity contribution is 0.0495. The van der Waals surface area contributed by atoms with Crippen molar-refractivity contribution in [2.24, 2.45) is 5.41 Å². The van der Waals surface area contributed by atoms with Crippen LogP contribution in [0.3, 0.4) is 0 Å². The Morgan fingerprint density at radius 2 is 2.00 bits per heavy atom. The molecule has 4 heteroatoms. The summed E-state index contributed by atoms with van der Waals surface area (Å²) in [5.41, 5.74) is 5.36.